The van der Waals surface area contributed by atoms with Crippen LogP contribution >= 0.6 is 0 Å². The topological polar surface area (TPSA) is 66.9 Å². The normalized spacial score (nSPS) is 14.3. The summed E-state index contributed by atoms with van der Waals surface area (Å²) in [6.07, 6.45) is 4.93. The van der Waals surface area contributed by atoms with Crippen LogP contribution in [0.4, 0.5) is 0 Å². The zero-order valence-electron chi connectivity index (χ0n) is 8.86. The fourth-order valence-corrected chi connectivity index (χ4v) is 2.01. The maximum absolute atomic E-state index is 10.9. The van der Waals surface area contributed by atoms with Crippen LogP contribution in [0, 0.1) is 11.3 Å². The van der Waals surface area contributed by atoms with Crippen LogP contribution in [0.5, 0.6) is 0 Å². The molecule has 0 saturated heterocycles. The van der Waals surface area contributed by atoms with E-state index in [-0.39, 0.29) is 5.57 Å². The molecule has 1 aliphatic carbocycles. The Morgan fingerprint density at radius 1 is 1.38 bits per heavy atom. The van der Waals surface area contributed by atoms with Gasteiger partial charge in [0.2, 0.25) is 0 Å². The van der Waals surface area contributed by atoms with Crippen molar-refractivity contribution in [2.45, 2.75) is 19.3 Å². The van der Waals surface area contributed by atoms with E-state index in [2.05, 4.69) is 6.07 Å². The summed E-state index contributed by atoms with van der Waals surface area (Å²) in [5.74, 6) is -0.678. The minimum absolute atomic E-state index is 0.00190. The summed E-state index contributed by atoms with van der Waals surface area (Å²) in [7, 11) is 0. The Labute approximate surface area is 94.2 Å². The van der Waals surface area contributed by atoms with E-state index in [4.69, 9.17) is 11.0 Å². The number of benzene rings is 1. The maximum Gasteiger partial charge on any atom is 0.259 e. The number of hydrogen-bond acceptors (Lipinski definition) is 2. The third-order valence-corrected chi connectivity index (χ3v) is 2.82. The van der Waals surface area contributed by atoms with Gasteiger partial charge in [0.1, 0.15) is 11.6 Å². The first kappa shape index (κ1) is 10.4. The van der Waals surface area contributed by atoms with Gasteiger partial charge in [-0.15, -0.1) is 0 Å². The minimum Gasteiger partial charge on any atom is -0.365 e. The molecule has 0 radical (unpaired) electrons. The number of hydrogen-bond donors (Lipinski definition) is 1. The Morgan fingerprint density at radius 2 is 2.12 bits per heavy atom. The second-order valence-corrected chi connectivity index (χ2v) is 3.92. The summed E-state index contributed by atoms with van der Waals surface area (Å²) in [5, 5.41) is 8.73. The van der Waals surface area contributed by atoms with Gasteiger partial charge in [-0.2, -0.15) is 5.26 Å². The number of nitrogens with zero attached hydrogens (tertiary/aromatic N) is 1. The summed E-state index contributed by atoms with van der Waals surface area (Å²) < 4.78 is 0. The largest absolute Gasteiger partial charge is 0.365 e. The lowest BCUT2D eigenvalue weighted by atomic mass is 10.0. The van der Waals surface area contributed by atoms with Gasteiger partial charge in [0.05, 0.1) is 0 Å². The first-order valence-electron chi connectivity index (χ1n) is 5.24. The first-order valence-corrected chi connectivity index (χ1v) is 5.24. The number of aryl methyl sites for hydroxylation is 2. The highest BCUT2D eigenvalue weighted by atomic mass is 16.1. The van der Waals surface area contributed by atoms with E-state index in [9.17, 15) is 4.79 Å². The van der Waals surface area contributed by atoms with E-state index >= 15 is 0 Å². The summed E-state index contributed by atoms with van der Waals surface area (Å²) in [4.78, 5) is 10.9. The van der Waals surface area contributed by atoms with Crippen LogP contribution in [0.25, 0.3) is 6.08 Å². The molecule has 16 heavy (non-hydrogen) atoms. The van der Waals surface area contributed by atoms with Crippen molar-refractivity contribution in [3.63, 3.8) is 0 Å². The lowest BCUT2D eigenvalue weighted by molar-refractivity contribution is -0.114. The molecule has 0 saturated carbocycles. The molecule has 0 fully saturated rings. The third-order valence-electron chi connectivity index (χ3n) is 2.82. The second-order valence-electron chi connectivity index (χ2n) is 3.92. The van der Waals surface area contributed by atoms with Gasteiger partial charge in [-0.05, 0) is 42.0 Å². The number of nitrogens with two attached hydrogens (primary N) is 1. The Morgan fingerprint density at radius 3 is 2.81 bits per heavy atom. The average Bonchev–Trinajstić information content (AvgIpc) is 2.72. The number of primary amides is 1. The molecule has 1 aromatic rings. The molecule has 0 bridgehead atoms. The first-order chi connectivity index (χ1) is 7.70. The molecule has 0 atom stereocenters. The molecule has 2 N–H and O–H groups in total. The Balaban J connectivity index is 2.36. The van der Waals surface area contributed by atoms with Crippen LogP contribution in [-0.2, 0) is 17.6 Å². The fraction of sp³-hybridized carbons (Fsp3) is 0.231. The van der Waals surface area contributed by atoms with E-state index in [1.807, 2.05) is 12.1 Å². The van der Waals surface area contributed by atoms with E-state index in [1.165, 1.54) is 17.5 Å². The molecule has 1 amide bonds. The Bertz CT molecular complexity index is 509. The monoisotopic (exact) mass is 212 g/mol. The standard InChI is InChI=1S/C13H12N2O/c14-8-12(13(15)16)7-9-4-5-10-2-1-3-11(10)6-9/h4-7H,1-3H2,(H2,15,16). The van der Waals surface area contributed by atoms with Crippen LogP contribution < -0.4 is 5.73 Å². The minimum atomic E-state index is -0.678. The highest BCUT2D eigenvalue weighted by Crippen LogP contribution is 2.23. The summed E-state index contributed by atoms with van der Waals surface area (Å²) in [6.45, 7) is 0. The van der Waals surface area contributed by atoms with Gasteiger partial charge in [0.25, 0.3) is 5.91 Å². The quantitative estimate of drug-likeness (QED) is 0.597. The van der Waals surface area contributed by atoms with Gasteiger partial charge in [-0.25, -0.2) is 0 Å². The van der Waals surface area contributed by atoms with Crippen molar-refractivity contribution in [1.82, 2.24) is 0 Å². The Kier molecular flexibility index (Phi) is 2.74. The molecule has 1 aliphatic rings. The second kappa shape index (κ2) is 4.19. The molecule has 0 unspecified atom stereocenters. The highest BCUT2D eigenvalue weighted by Gasteiger charge is 2.11. The van der Waals surface area contributed by atoms with Gasteiger partial charge in [0, 0.05) is 0 Å². The maximum atomic E-state index is 10.9. The van der Waals surface area contributed by atoms with Crippen LogP contribution in [0.3, 0.4) is 0 Å². The van der Waals surface area contributed by atoms with Crippen molar-refractivity contribution < 1.29 is 4.79 Å². The average molecular weight is 212 g/mol. The highest BCUT2D eigenvalue weighted by molar-refractivity contribution is 6.00. The zero-order chi connectivity index (χ0) is 11.5. The van der Waals surface area contributed by atoms with Gasteiger partial charge < -0.3 is 5.73 Å². The molecule has 0 spiro atoms. The van der Waals surface area contributed by atoms with Crippen molar-refractivity contribution in [3.8, 4) is 6.07 Å². The van der Waals surface area contributed by atoms with Crippen molar-refractivity contribution >= 4 is 12.0 Å². The molecule has 0 heterocycles. The SMILES string of the molecule is N#CC(=Cc1ccc2c(c1)CCC2)C(N)=O. The van der Waals surface area contributed by atoms with Crippen molar-refractivity contribution in [2.75, 3.05) is 0 Å². The van der Waals surface area contributed by atoms with E-state index in [0.717, 1.165) is 18.4 Å². The van der Waals surface area contributed by atoms with Gasteiger partial charge in [-0.3, -0.25) is 4.79 Å². The van der Waals surface area contributed by atoms with E-state index < -0.39 is 5.91 Å². The molecular formula is C13H12N2O. The van der Waals surface area contributed by atoms with Gasteiger partial charge in [-0.1, -0.05) is 18.2 Å². The van der Waals surface area contributed by atoms with Crippen molar-refractivity contribution in [2.24, 2.45) is 5.73 Å². The molecular weight excluding hydrogens is 200 g/mol. The number of carbonyl (C=O) groups is 1. The predicted molar refractivity (Wildman–Crippen MR) is 61.3 cm³/mol. The number of rotatable bonds is 2. The molecule has 3 heteroatoms. The van der Waals surface area contributed by atoms with E-state index in [0.29, 0.717) is 0 Å². The molecule has 1 aromatic carbocycles. The molecule has 3 nitrogen and oxygen atoms in total. The summed E-state index contributed by atoms with van der Waals surface area (Å²) in [6, 6.07) is 7.82. The number of nitriles is 1. The zero-order valence-corrected chi connectivity index (χ0v) is 8.86. The molecule has 80 valence electrons. The third kappa shape index (κ3) is 1.96. The fourth-order valence-electron chi connectivity index (χ4n) is 2.01. The molecule has 0 aromatic heterocycles. The molecule has 2 rings (SSSR count). The summed E-state index contributed by atoms with van der Waals surface area (Å²) >= 11 is 0. The summed E-state index contributed by atoms with van der Waals surface area (Å²) in [5.41, 5.74) is 8.63. The smallest absolute Gasteiger partial charge is 0.259 e. The van der Waals surface area contributed by atoms with E-state index in [1.54, 1.807) is 12.1 Å². The number of carbonyl (C=O) groups excluding carboxylic acids is 1. The van der Waals surface area contributed by atoms with Crippen LogP contribution in [-0.4, -0.2) is 5.91 Å². The van der Waals surface area contributed by atoms with Gasteiger partial charge in [0.15, 0.2) is 0 Å². The van der Waals surface area contributed by atoms with Crippen LogP contribution in [0.15, 0.2) is 23.8 Å². The predicted octanol–water partition coefficient (Wildman–Crippen LogP) is 1.57. The lowest BCUT2D eigenvalue weighted by Gasteiger charge is -2.00. The van der Waals surface area contributed by atoms with Crippen molar-refractivity contribution in [1.29, 1.82) is 5.26 Å². The van der Waals surface area contributed by atoms with Crippen LogP contribution in [0.1, 0.15) is 23.1 Å². The molecule has 0 aliphatic heterocycles. The van der Waals surface area contributed by atoms with Crippen LogP contribution in [0.2, 0.25) is 0 Å². The van der Waals surface area contributed by atoms with Gasteiger partial charge >= 0.3 is 0 Å². The Hall–Kier alpha value is -2.08. The number of amides is 1. The lowest BCUT2D eigenvalue weighted by Crippen LogP contribution is -2.12. The number of fused-ring (bicyclic) bond motifs is 1. The van der Waals surface area contributed by atoms with Crippen molar-refractivity contribution in [3.05, 3.63) is 40.5 Å².